The van der Waals surface area contributed by atoms with Gasteiger partial charge < -0.3 is 14.5 Å². The molecule has 1 aromatic heterocycles. The number of aryl methyl sites for hydroxylation is 1. The van der Waals surface area contributed by atoms with Gasteiger partial charge in [-0.05, 0) is 36.6 Å². The molecule has 0 aliphatic heterocycles. The molecular weight excluding hydrogens is 370 g/mol. The number of carbonyl (C=O) groups is 2. The number of amides is 1. The average molecular weight is 393 g/mol. The first kappa shape index (κ1) is 20.3. The molecule has 29 heavy (non-hydrogen) atoms. The van der Waals surface area contributed by atoms with Crippen molar-refractivity contribution < 1.29 is 18.7 Å². The summed E-state index contributed by atoms with van der Waals surface area (Å²) >= 11 is 0. The number of carbonyl (C=O) groups excluding carboxylic acids is 2. The minimum Gasteiger partial charge on any atom is -0.459 e. The van der Waals surface area contributed by atoms with Gasteiger partial charge in [0.15, 0.2) is 0 Å². The molecule has 0 radical (unpaired) electrons. The lowest BCUT2D eigenvalue weighted by molar-refractivity contribution is -0.148. The SMILES string of the molecule is Cc1ccc2c(COC(=O)C(NC(=O)c3ccccc3)C(C)C)cc(=O)oc2c1. The Hall–Kier alpha value is -3.41. The quantitative estimate of drug-likeness (QED) is 0.511. The molecule has 0 spiro atoms. The smallest absolute Gasteiger partial charge is 0.336 e. The van der Waals surface area contributed by atoms with E-state index in [0.717, 1.165) is 5.56 Å². The minimum atomic E-state index is -0.809. The van der Waals surface area contributed by atoms with Gasteiger partial charge in [0.2, 0.25) is 0 Å². The van der Waals surface area contributed by atoms with E-state index in [1.165, 1.54) is 6.07 Å². The van der Waals surface area contributed by atoms with Gasteiger partial charge in [0.05, 0.1) is 0 Å². The van der Waals surface area contributed by atoms with E-state index in [1.807, 2.05) is 39.0 Å². The average Bonchev–Trinajstić information content (AvgIpc) is 2.69. The molecule has 0 saturated heterocycles. The van der Waals surface area contributed by atoms with E-state index < -0.39 is 17.6 Å². The Labute approximate surface area is 168 Å². The number of nitrogens with one attached hydrogen (secondary N) is 1. The highest BCUT2D eigenvalue weighted by molar-refractivity contribution is 5.96. The summed E-state index contributed by atoms with van der Waals surface area (Å²) in [6.45, 7) is 5.46. The molecular formula is C23H23NO5. The summed E-state index contributed by atoms with van der Waals surface area (Å²) in [6.07, 6.45) is 0. The van der Waals surface area contributed by atoms with Crippen molar-refractivity contribution in [3.63, 3.8) is 0 Å². The molecule has 150 valence electrons. The lowest BCUT2D eigenvalue weighted by atomic mass is 10.0. The summed E-state index contributed by atoms with van der Waals surface area (Å²) in [4.78, 5) is 36.9. The molecule has 3 aromatic rings. The van der Waals surface area contributed by atoms with Crippen LogP contribution in [0.5, 0.6) is 0 Å². The maximum atomic E-state index is 12.7. The highest BCUT2D eigenvalue weighted by Crippen LogP contribution is 2.19. The number of hydrogen-bond donors (Lipinski definition) is 1. The first-order valence-electron chi connectivity index (χ1n) is 9.41. The van der Waals surface area contributed by atoms with Crippen molar-refractivity contribution in [2.45, 2.75) is 33.4 Å². The van der Waals surface area contributed by atoms with Crippen molar-refractivity contribution in [2.24, 2.45) is 5.92 Å². The number of benzene rings is 2. The van der Waals surface area contributed by atoms with Gasteiger partial charge in [0.1, 0.15) is 18.2 Å². The molecule has 0 saturated carbocycles. The molecule has 0 aliphatic rings. The zero-order valence-electron chi connectivity index (χ0n) is 16.6. The molecule has 1 atom stereocenters. The monoisotopic (exact) mass is 393 g/mol. The van der Waals surface area contributed by atoms with Crippen LogP contribution in [0.1, 0.15) is 35.3 Å². The van der Waals surface area contributed by atoms with Gasteiger partial charge >= 0.3 is 11.6 Å². The van der Waals surface area contributed by atoms with Crippen LogP contribution in [0.15, 0.2) is 63.8 Å². The van der Waals surface area contributed by atoms with E-state index in [0.29, 0.717) is 22.1 Å². The Balaban J connectivity index is 1.75. The first-order valence-corrected chi connectivity index (χ1v) is 9.41. The van der Waals surface area contributed by atoms with Crippen LogP contribution in [0.4, 0.5) is 0 Å². The van der Waals surface area contributed by atoms with Crippen molar-refractivity contribution in [1.82, 2.24) is 5.32 Å². The van der Waals surface area contributed by atoms with E-state index in [4.69, 9.17) is 9.15 Å². The first-order chi connectivity index (χ1) is 13.8. The molecule has 1 N–H and O–H groups in total. The predicted octanol–water partition coefficient (Wildman–Crippen LogP) is 3.60. The van der Waals surface area contributed by atoms with Gasteiger partial charge in [-0.25, -0.2) is 9.59 Å². The second kappa shape index (κ2) is 8.73. The van der Waals surface area contributed by atoms with Gasteiger partial charge in [-0.2, -0.15) is 0 Å². The summed E-state index contributed by atoms with van der Waals surface area (Å²) in [6, 6.07) is 14.7. The maximum Gasteiger partial charge on any atom is 0.336 e. The Kier molecular flexibility index (Phi) is 6.12. The molecule has 0 bridgehead atoms. The number of esters is 1. The maximum absolute atomic E-state index is 12.7. The van der Waals surface area contributed by atoms with Gasteiger partial charge in [-0.15, -0.1) is 0 Å². The standard InChI is InChI=1S/C23H23NO5/c1-14(2)21(24-22(26)16-7-5-4-6-8-16)23(27)28-13-17-12-20(25)29-19-11-15(3)9-10-18(17)19/h4-12,14,21H,13H2,1-3H3,(H,24,26). The summed E-state index contributed by atoms with van der Waals surface area (Å²) < 4.78 is 10.7. The lowest BCUT2D eigenvalue weighted by Crippen LogP contribution is -2.45. The highest BCUT2D eigenvalue weighted by atomic mass is 16.5. The van der Waals surface area contributed by atoms with Crippen LogP contribution in [-0.2, 0) is 16.1 Å². The normalized spacial score (nSPS) is 12.0. The predicted molar refractivity (Wildman–Crippen MR) is 110 cm³/mol. The van der Waals surface area contributed by atoms with E-state index in [2.05, 4.69) is 5.32 Å². The van der Waals surface area contributed by atoms with Crippen LogP contribution < -0.4 is 10.9 Å². The Morgan fingerprint density at radius 2 is 1.79 bits per heavy atom. The molecule has 3 rings (SSSR count). The van der Waals surface area contributed by atoms with E-state index in [1.54, 1.807) is 30.3 Å². The Bertz CT molecular complexity index is 1090. The van der Waals surface area contributed by atoms with Gasteiger partial charge in [-0.1, -0.05) is 44.2 Å². The van der Waals surface area contributed by atoms with Crippen molar-refractivity contribution in [3.8, 4) is 0 Å². The molecule has 1 heterocycles. The second-order valence-corrected chi connectivity index (χ2v) is 7.26. The largest absolute Gasteiger partial charge is 0.459 e. The van der Waals surface area contributed by atoms with Crippen LogP contribution in [0, 0.1) is 12.8 Å². The molecule has 6 nitrogen and oxygen atoms in total. The van der Waals surface area contributed by atoms with Gasteiger partial charge in [-0.3, -0.25) is 4.79 Å². The second-order valence-electron chi connectivity index (χ2n) is 7.26. The van der Waals surface area contributed by atoms with Crippen LogP contribution in [0.2, 0.25) is 0 Å². The van der Waals surface area contributed by atoms with Crippen molar-refractivity contribution in [2.75, 3.05) is 0 Å². The summed E-state index contributed by atoms with van der Waals surface area (Å²) in [5.41, 5.74) is 1.92. The zero-order valence-corrected chi connectivity index (χ0v) is 16.6. The Morgan fingerprint density at radius 1 is 1.07 bits per heavy atom. The molecule has 0 fully saturated rings. The third-order valence-electron chi connectivity index (χ3n) is 4.60. The minimum absolute atomic E-state index is 0.0889. The fourth-order valence-corrected chi connectivity index (χ4v) is 3.01. The van der Waals surface area contributed by atoms with Gasteiger partial charge in [0, 0.05) is 22.6 Å². The third kappa shape index (κ3) is 4.90. The van der Waals surface area contributed by atoms with Crippen LogP contribution in [-0.4, -0.2) is 17.9 Å². The molecule has 2 aromatic carbocycles. The number of fused-ring (bicyclic) bond motifs is 1. The van der Waals surface area contributed by atoms with Gasteiger partial charge in [0.25, 0.3) is 5.91 Å². The number of ether oxygens (including phenoxy) is 1. The number of hydrogen-bond acceptors (Lipinski definition) is 5. The summed E-state index contributed by atoms with van der Waals surface area (Å²) in [5, 5.41) is 3.44. The van der Waals surface area contributed by atoms with Crippen molar-refractivity contribution >= 4 is 22.8 Å². The summed E-state index contributed by atoms with van der Waals surface area (Å²) in [7, 11) is 0. The topological polar surface area (TPSA) is 85.6 Å². The zero-order chi connectivity index (χ0) is 21.0. The fourth-order valence-electron chi connectivity index (χ4n) is 3.01. The summed E-state index contributed by atoms with van der Waals surface area (Å²) in [5.74, 6) is -1.07. The lowest BCUT2D eigenvalue weighted by Gasteiger charge is -2.21. The van der Waals surface area contributed by atoms with E-state index in [-0.39, 0.29) is 18.4 Å². The highest BCUT2D eigenvalue weighted by Gasteiger charge is 2.26. The van der Waals surface area contributed by atoms with Crippen LogP contribution in [0.3, 0.4) is 0 Å². The van der Waals surface area contributed by atoms with E-state index >= 15 is 0 Å². The molecule has 6 heteroatoms. The molecule has 1 amide bonds. The molecule has 0 aliphatic carbocycles. The van der Waals surface area contributed by atoms with Crippen LogP contribution >= 0.6 is 0 Å². The van der Waals surface area contributed by atoms with Crippen molar-refractivity contribution in [3.05, 3.63) is 81.7 Å². The van der Waals surface area contributed by atoms with Crippen LogP contribution in [0.25, 0.3) is 11.0 Å². The third-order valence-corrected chi connectivity index (χ3v) is 4.60. The number of rotatable bonds is 6. The van der Waals surface area contributed by atoms with Crippen molar-refractivity contribution in [1.29, 1.82) is 0 Å². The fraction of sp³-hybridized carbons (Fsp3) is 0.261. The Morgan fingerprint density at radius 3 is 2.48 bits per heavy atom. The van der Waals surface area contributed by atoms with E-state index in [9.17, 15) is 14.4 Å². The molecule has 1 unspecified atom stereocenters.